The zero-order chi connectivity index (χ0) is 9.90. The van der Waals surface area contributed by atoms with E-state index in [1.165, 1.54) is 0 Å². The topological polar surface area (TPSA) is 38.9 Å². The lowest BCUT2D eigenvalue weighted by molar-refractivity contribution is 0.501. The number of rotatable bonds is 1. The van der Waals surface area contributed by atoms with E-state index in [9.17, 15) is 0 Å². The average Bonchev–Trinajstić information content (AvgIpc) is 2.04. The number of allylic oxidation sites excluding steroid dienone is 1. The van der Waals surface area contributed by atoms with Gasteiger partial charge in [-0.15, -0.1) is 0 Å². The first kappa shape index (κ1) is 9.78. The average molecular weight is 176 g/mol. The van der Waals surface area contributed by atoms with Gasteiger partial charge in [0.1, 0.15) is 0 Å². The predicted molar refractivity (Wildman–Crippen MR) is 55.9 cm³/mol. The van der Waals surface area contributed by atoms with Crippen LogP contribution < -0.4 is 5.73 Å². The molecule has 0 aliphatic carbocycles. The maximum absolute atomic E-state index is 5.90. The molecule has 0 unspecified atom stereocenters. The van der Waals surface area contributed by atoms with Crippen LogP contribution in [-0.2, 0) is 0 Å². The summed E-state index contributed by atoms with van der Waals surface area (Å²) in [7, 11) is 0. The predicted octanol–water partition coefficient (Wildman–Crippen LogP) is 2.43. The Morgan fingerprint density at radius 2 is 2.08 bits per heavy atom. The van der Waals surface area contributed by atoms with Crippen molar-refractivity contribution in [3.8, 4) is 0 Å². The largest absolute Gasteiger partial charge is 0.402 e. The molecular formula is C11H16N2. The van der Waals surface area contributed by atoms with E-state index in [0.29, 0.717) is 0 Å². The monoisotopic (exact) mass is 176 g/mol. The van der Waals surface area contributed by atoms with Crippen LogP contribution in [0.1, 0.15) is 26.5 Å². The summed E-state index contributed by atoms with van der Waals surface area (Å²) in [6.07, 6.45) is 3.68. The van der Waals surface area contributed by atoms with Gasteiger partial charge in [0.05, 0.1) is 5.69 Å². The second kappa shape index (κ2) is 3.60. The molecule has 0 atom stereocenters. The molecule has 0 saturated heterocycles. The van der Waals surface area contributed by atoms with E-state index in [0.717, 1.165) is 11.4 Å². The summed E-state index contributed by atoms with van der Waals surface area (Å²) in [6.45, 7) is 6.26. The fourth-order valence-electron chi connectivity index (χ4n) is 0.837. The molecule has 70 valence electrons. The van der Waals surface area contributed by atoms with E-state index in [1.54, 1.807) is 6.20 Å². The van der Waals surface area contributed by atoms with Crippen molar-refractivity contribution < 1.29 is 0 Å². The van der Waals surface area contributed by atoms with E-state index < -0.39 is 0 Å². The Morgan fingerprint density at radius 1 is 1.38 bits per heavy atom. The number of aromatic nitrogens is 1. The molecule has 0 spiro atoms. The molecule has 1 rings (SSSR count). The van der Waals surface area contributed by atoms with E-state index in [4.69, 9.17) is 5.73 Å². The summed E-state index contributed by atoms with van der Waals surface area (Å²) in [4.78, 5) is 4.18. The van der Waals surface area contributed by atoms with Crippen LogP contribution in [0.3, 0.4) is 0 Å². The fourth-order valence-corrected chi connectivity index (χ4v) is 0.837. The summed E-state index contributed by atoms with van der Waals surface area (Å²) in [5, 5.41) is 0. The number of hydrogen-bond acceptors (Lipinski definition) is 2. The Kier molecular flexibility index (Phi) is 2.71. The van der Waals surface area contributed by atoms with Crippen molar-refractivity contribution in [3.63, 3.8) is 0 Å². The Hall–Kier alpha value is -1.31. The molecule has 2 nitrogen and oxygen atoms in total. The lowest BCUT2D eigenvalue weighted by atomic mass is 9.92. The molecule has 0 bridgehead atoms. The minimum absolute atomic E-state index is 0.0114. The van der Waals surface area contributed by atoms with Crippen LogP contribution in [0.4, 0.5) is 0 Å². The van der Waals surface area contributed by atoms with Crippen molar-refractivity contribution in [2.45, 2.75) is 20.8 Å². The summed E-state index contributed by atoms with van der Waals surface area (Å²) in [5.41, 5.74) is 7.68. The molecule has 13 heavy (non-hydrogen) atoms. The minimum atomic E-state index is 0.0114. The van der Waals surface area contributed by atoms with Crippen LogP contribution in [0.2, 0.25) is 0 Å². The SMILES string of the molecule is CC(C)(C)C(N)=Cc1ccccn1. The van der Waals surface area contributed by atoms with Gasteiger partial charge < -0.3 is 5.73 Å². The first-order valence-corrected chi connectivity index (χ1v) is 4.39. The Morgan fingerprint density at radius 3 is 2.54 bits per heavy atom. The molecule has 0 amide bonds. The van der Waals surface area contributed by atoms with Gasteiger partial charge in [-0.25, -0.2) is 0 Å². The third-order valence-corrected chi connectivity index (χ3v) is 1.86. The van der Waals surface area contributed by atoms with Crippen LogP contribution in [-0.4, -0.2) is 4.98 Å². The Labute approximate surface area is 79.5 Å². The van der Waals surface area contributed by atoms with Gasteiger partial charge in [0.25, 0.3) is 0 Å². The van der Waals surface area contributed by atoms with Gasteiger partial charge in [0.15, 0.2) is 0 Å². The zero-order valence-electron chi connectivity index (χ0n) is 8.41. The van der Waals surface area contributed by atoms with Gasteiger partial charge in [-0.05, 0) is 18.2 Å². The van der Waals surface area contributed by atoms with Crippen molar-refractivity contribution in [2.24, 2.45) is 11.1 Å². The number of nitrogens with zero attached hydrogens (tertiary/aromatic N) is 1. The van der Waals surface area contributed by atoms with E-state index in [-0.39, 0.29) is 5.41 Å². The normalized spacial score (nSPS) is 13.0. The zero-order valence-corrected chi connectivity index (χ0v) is 8.41. The van der Waals surface area contributed by atoms with Gasteiger partial charge >= 0.3 is 0 Å². The van der Waals surface area contributed by atoms with Gasteiger partial charge in [-0.1, -0.05) is 26.8 Å². The molecule has 0 fully saturated rings. The maximum Gasteiger partial charge on any atom is 0.0646 e. The van der Waals surface area contributed by atoms with Crippen LogP contribution in [0.5, 0.6) is 0 Å². The first-order valence-electron chi connectivity index (χ1n) is 4.39. The third-order valence-electron chi connectivity index (χ3n) is 1.86. The molecular weight excluding hydrogens is 160 g/mol. The smallest absolute Gasteiger partial charge is 0.0646 e. The lowest BCUT2D eigenvalue weighted by Gasteiger charge is -2.18. The van der Waals surface area contributed by atoms with E-state index in [1.807, 2.05) is 24.3 Å². The molecule has 0 aliphatic rings. The highest BCUT2D eigenvalue weighted by atomic mass is 14.7. The molecule has 1 heterocycles. The maximum atomic E-state index is 5.90. The van der Waals surface area contributed by atoms with Crippen molar-refractivity contribution in [1.82, 2.24) is 4.98 Å². The molecule has 0 radical (unpaired) electrons. The van der Waals surface area contributed by atoms with E-state index in [2.05, 4.69) is 25.8 Å². The van der Waals surface area contributed by atoms with Gasteiger partial charge in [0, 0.05) is 17.3 Å². The quantitative estimate of drug-likeness (QED) is 0.713. The molecule has 2 N–H and O–H groups in total. The molecule has 0 aliphatic heterocycles. The Bertz CT molecular complexity index is 294. The van der Waals surface area contributed by atoms with Gasteiger partial charge in [-0.2, -0.15) is 0 Å². The molecule has 1 aromatic heterocycles. The molecule has 1 aromatic rings. The van der Waals surface area contributed by atoms with Crippen molar-refractivity contribution in [3.05, 3.63) is 35.8 Å². The van der Waals surface area contributed by atoms with Crippen LogP contribution in [0, 0.1) is 5.41 Å². The lowest BCUT2D eigenvalue weighted by Crippen LogP contribution is -2.16. The van der Waals surface area contributed by atoms with Crippen LogP contribution in [0.25, 0.3) is 6.08 Å². The molecule has 0 aromatic carbocycles. The standard InChI is InChI=1S/C11H16N2/c1-11(2,3)10(12)8-9-6-4-5-7-13-9/h4-8H,12H2,1-3H3. The highest BCUT2D eigenvalue weighted by Crippen LogP contribution is 2.21. The second-order valence-corrected chi connectivity index (χ2v) is 4.10. The summed E-state index contributed by atoms with van der Waals surface area (Å²) >= 11 is 0. The molecule has 0 saturated carbocycles. The highest BCUT2D eigenvalue weighted by Gasteiger charge is 2.13. The molecule has 2 heteroatoms. The van der Waals surface area contributed by atoms with Gasteiger partial charge in [-0.3, -0.25) is 4.98 Å². The van der Waals surface area contributed by atoms with Crippen LogP contribution >= 0.6 is 0 Å². The second-order valence-electron chi connectivity index (χ2n) is 4.10. The Balaban J connectivity index is 2.90. The number of pyridine rings is 1. The van der Waals surface area contributed by atoms with Gasteiger partial charge in [0.2, 0.25) is 0 Å². The van der Waals surface area contributed by atoms with Crippen molar-refractivity contribution in [2.75, 3.05) is 0 Å². The number of hydrogen-bond donors (Lipinski definition) is 1. The van der Waals surface area contributed by atoms with Crippen molar-refractivity contribution >= 4 is 6.08 Å². The minimum Gasteiger partial charge on any atom is -0.402 e. The highest BCUT2D eigenvalue weighted by molar-refractivity contribution is 5.48. The summed E-state index contributed by atoms with van der Waals surface area (Å²) < 4.78 is 0. The number of nitrogens with two attached hydrogens (primary N) is 1. The third kappa shape index (κ3) is 2.90. The fraction of sp³-hybridized carbons (Fsp3) is 0.364. The van der Waals surface area contributed by atoms with E-state index >= 15 is 0 Å². The van der Waals surface area contributed by atoms with Crippen molar-refractivity contribution in [1.29, 1.82) is 0 Å². The first-order chi connectivity index (χ1) is 6.00. The van der Waals surface area contributed by atoms with Crippen LogP contribution in [0.15, 0.2) is 30.1 Å². The summed E-state index contributed by atoms with van der Waals surface area (Å²) in [5.74, 6) is 0. The summed E-state index contributed by atoms with van der Waals surface area (Å²) in [6, 6.07) is 5.79.